The van der Waals surface area contributed by atoms with Crippen molar-refractivity contribution >= 4 is 13.2 Å². The first-order valence-electron chi connectivity index (χ1n) is 6.49. The molecule has 1 rings (SSSR count). The molecule has 0 N–H and O–H groups in total. The van der Waals surface area contributed by atoms with E-state index in [9.17, 15) is 8.78 Å². The van der Waals surface area contributed by atoms with Crippen LogP contribution in [0, 0.1) is 11.6 Å². The van der Waals surface area contributed by atoms with E-state index in [0.29, 0.717) is 5.30 Å². The SMILES string of the molecule is CCCCCC[PH+](CC)c1cccc(F)c1F. The van der Waals surface area contributed by atoms with E-state index in [0.717, 1.165) is 18.7 Å². The summed E-state index contributed by atoms with van der Waals surface area (Å²) in [7, 11) is -0.909. The fourth-order valence-electron chi connectivity index (χ4n) is 2.04. The molecular weight excluding hydrogens is 237 g/mol. The van der Waals surface area contributed by atoms with Gasteiger partial charge in [-0.15, -0.1) is 0 Å². The van der Waals surface area contributed by atoms with Crippen LogP contribution in [0.1, 0.15) is 39.5 Å². The van der Waals surface area contributed by atoms with Gasteiger partial charge in [0.15, 0.2) is 5.82 Å². The third kappa shape index (κ3) is 4.35. The molecule has 0 heterocycles. The van der Waals surface area contributed by atoms with Crippen molar-refractivity contribution < 1.29 is 8.78 Å². The third-order valence-electron chi connectivity index (χ3n) is 3.09. The van der Waals surface area contributed by atoms with E-state index in [1.807, 2.05) is 0 Å². The van der Waals surface area contributed by atoms with E-state index in [1.54, 1.807) is 12.1 Å². The summed E-state index contributed by atoms with van der Waals surface area (Å²) < 4.78 is 26.8. The van der Waals surface area contributed by atoms with Crippen molar-refractivity contribution in [2.75, 3.05) is 12.3 Å². The predicted molar refractivity (Wildman–Crippen MR) is 73.9 cm³/mol. The van der Waals surface area contributed by atoms with Gasteiger partial charge in [0, 0.05) is 7.92 Å². The molecule has 0 aromatic heterocycles. The van der Waals surface area contributed by atoms with E-state index in [4.69, 9.17) is 0 Å². The standard InChI is InChI=1S/C14H21F2P/c1-3-5-6-7-11-17(4-2)13-10-8-9-12(15)14(13)16/h8-10H,3-7,11H2,1-2H3/p+1. The number of rotatable bonds is 7. The highest BCUT2D eigenvalue weighted by Gasteiger charge is 2.22. The average Bonchev–Trinajstić information content (AvgIpc) is 2.34. The number of unbranched alkanes of at least 4 members (excludes halogenated alkanes) is 3. The molecule has 17 heavy (non-hydrogen) atoms. The van der Waals surface area contributed by atoms with Gasteiger partial charge in [0.2, 0.25) is 5.82 Å². The number of benzene rings is 1. The molecule has 0 aliphatic carbocycles. The van der Waals surface area contributed by atoms with Crippen molar-refractivity contribution in [2.24, 2.45) is 0 Å². The first-order chi connectivity index (χ1) is 8.20. The Hall–Kier alpha value is -0.490. The van der Waals surface area contributed by atoms with Gasteiger partial charge < -0.3 is 0 Å². The Morgan fingerprint density at radius 1 is 1.06 bits per heavy atom. The lowest BCUT2D eigenvalue weighted by Gasteiger charge is -2.09. The lowest BCUT2D eigenvalue weighted by Crippen LogP contribution is -2.12. The van der Waals surface area contributed by atoms with Gasteiger partial charge in [-0.2, -0.15) is 4.39 Å². The van der Waals surface area contributed by atoms with Crippen molar-refractivity contribution in [3.8, 4) is 0 Å². The van der Waals surface area contributed by atoms with Crippen LogP contribution in [0.25, 0.3) is 0 Å². The largest absolute Gasteiger partial charge is 0.204 e. The number of hydrogen-bond donors (Lipinski definition) is 0. The highest BCUT2D eigenvalue weighted by Crippen LogP contribution is 2.36. The van der Waals surface area contributed by atoms with Crippen molar-refractivity contribution in [2.45, 2.75) is 39.5 Å². The molecule has 0 aliphatic rings. The van der Waals surface area contributed by atoms with Crippen LogP contribution < -0.4 is 5.30 Å². The lowest BCUT2D eigenvalue weighted by atomic mass is 10.2. The van der Waals surface area contributed by atoms with E-state index < -0.39 is 19.6 Å². The van der Waals surface area contributed by atoms with Crippen LogP contribution >= 0.6 is 7.92 Å². The molecule has 0 radical (unpaired) electrons. The molecule has 0 fully saturated rings. The molecule has 0 saturated heterocycles. The summed E-state index contributed by atoms with van der Waals surface area (Å²) in [4.78, 5) is 0. The summed E-state index contributed by atoms with van der Waals surface area (Å²) in [5, 5.41) is 0.647. The van der Waals surface area contributed by atoms with E-state index in [-0.39, 0.29) is 0 Å². The minimum absolute atomic E-state index is 0.612. The smallest absolute Gasteiger partial charge is 0.200 e. The second kappa shape index (κ2) is 7.76. The molecular formula is C14H22F2P+. The zero-order valence-corrected chi connectivity index (χ0v) is 11.7. The second-order valence-corrected chi connectivity index (χ2v) is 7.32. The molecule has 3 heteroatoms. The minimum atomic E-state index is -0.909. The van der Waals surface area contributed by atoms with Gasteiger partial charge in [0.25, 0.3) is 0 Å². The average molecular weight is 259 g/mol. The minimum Gasteiger partial charge on any atom is -0.204 e. The summed E-state index contributed by atoms with van der Waals surface area (Å²) in [6.07, 6.45) is 6.83. The predicted octanol–water partition coefficient (Wildman–Crippen LogP) is 4.40. The molecule has 0 spiro atoms. The van der Waals surface area contributed by atoms with E-state index in [2.05, 4.69) is 13.8 Å². The van der Waals surface area contributed by atoms with Crippen molar-refractivity contribution in [1.29, 1.82) is 0 Å². The molecule has 0 amide bonds. The van der Waals surface area contributed by atoms with Gasteiger partial charge in [-0.25, -0.2) is 4.39 Å². The Morgan fingerprint density at radius 2 is 1.82 bits per heavy atom. The van der Waals surface area contributed by atoms with Crippen molar-refractivity contribution in [3.05, 3.63) is 29.8 Å². The quantitative estimate of drug-likeness (QED) is 0.503. The molecule has 0 nitrogen and oxygen atoms in total. The van der Waals surface area contributed by atoms with Gasteiger partial charge in [0.1, 0.15) is 5.30 Å². The monoisotopic (exact) mass is 259 g/mol. The molecule has 0 aliphatic heterocycles. The van der Waals surface area contributed by atoms with Crippen LogP contribution in [0.5, 0.6) is 0 Å². The summed E-state index contributed by atoms with van der Waals surface area (Å²) in [5.74, 6) is -1.31. The number of hydrogen-bond acceptors (Lipinski definition) is 0. The topological polar surface area (TPSA) is 0 Å². The van der Waals surface area contributed by atoms with Crippen LogP contribution in [0.4, 0.5) is 8.78 Å². The van der Waals surface area contributed by atoms with Gasteiger partial charge in [-0.3, -0.25) is 0 Å². The van der Waals surface area contributed by atoms with Gasteiger partial charge in [0.05, 0.1) is 12.3 Å². The van der Waals surface area contributed by atoms with Gasteiger partial charge in [-0.05, 0) is 31.9 Å². The van der Waals surface area contributed by atoms with Crippen LogP contribution in [-0.2, 0) is 0 Å². The van der Waals surface area contributed by atoms with Crippen LogP contribution in [-0.4, -0.2) is 12.3 Å². The summed E-state index contributed by atoms with van der Waals surface area (Å²) in [5.41, 5.74) is 0. The Bertz CT molecular complexity index is 339. The summed E-state index contributed by atoms with van der Waals surface area (Å²) >= 11 is 0. The maximum Gasteiger partial charge on any atom is 0.200 e. The maximum atomic E-state index is 13.7. The molecule has 96 valence electrons. The fourth-order valence-corrected chi connectivity index (χ4v) is 4.49. The zero-order valence-electron chi connectivity index (χ0n) is 10.7. The van der Waals surface area contributed by atoms with Crippen molar-refractivity contribution in [1.82, 2.24) is 0 Å². The molecule has 1 aromatic carbocycles. The first-order valence-corrected chi connectivity index (χ1v) is 8.41. The summed E-state index contributed by atoms with van der Waals surface area (Å²) in [6.45, 7) is 4.26. The van der Waals surface area contributed by atoms with Gasteiger partial charge in [-0.1, -0.05) is 25.8 Å². The molecule has 0 saturated carbocycles. The highest BCUT2D eigenvalue weighted by atomic mass is 31.1. The Labute approximate surface area is 104 Å². The van der Waals surface area contributed by atoms with E-state index in [1.165, 1.54) is 25.3 Å². The zero-order chi connectivity index (χ0) is 12.7. The Balaban J connectivity index is 2.63. The molecule has 1 atom stereocenters. The maximum absolute atomic E-state index is 13.7. The highest BCUT2D eigenvalue weighted by molar-refractivity contribution is 7.65. The lowest BCUT2D eigenvalue weighted by molar-refractivity contribution is 0.514. The second-order valence-electron chi connectivity index (χ2n) is 4.37. The fraction of sp³-hybridized carbons (Fsp3) is 0.571. The Kier molecular flexibility index (Phi) is 6.65. The van der Waals surface area contributed by atoms with Crippen molar-refractivity contribution in [3.63, 3.8) is 0 Å². The van der Waals surface area contributed by atoms with Crippen LogP contribution in [0.15, 0.2) is 18.2 Å². The molecule has 1 aromatic rings. The first kappa shape index (κ1) is 14.6. The van der Waals surface area contributed by atoms with Crippen LogP contribution in [0.2, 0.25) is 0 Å². The third-order valence-corrected chi connectivity index (χ3v) is 6.05. The number of halogens is 2. The molecule has 1 unspecified atom stereocenters. The summed E-state index contributed by atoms with van der Waals surface area (Å²) in [6, 6.07) is 4.58. The normalized spacial score (nSPS) is 12.7. The van der Waals surface area contributed by atoms with E-state index >= 15 is 0 Å². The Morgan fingerprint density at radius 3 is 2.47 bits per heavy atom. The molecule has 0 bridgehead atoms. The van der Waals surface area contributed by atoms with Gasteiger partial charge >= 0.3 is 0 Å². The van der Waals surface area contributed by atoms with Crippen LogP contribution in [0.3, 0.4) is 0 Å².